The van der Waals surface area contributed by atoms with E-state index in [-0.39, 0.29) is 18.9 Å². The summed E-state index contributed by atoms with van der Waals surface area (Å²) in [5.41, 5.74) is -0.142. The Kier molecular flexibility index (Phi) is 5.84. The van der Waals surface area contributed by atoms with Crippen LogP contribution < -0.4 is 5.32 Å². The lowest BCUT2D eigenvalue weighted by molar-refractivity contribution is -0.146. The van der Waals surface area contributed by atoms with Gasteiger partial charge in [0.25, 0.3) is 0 Å². The van der Waals surface area contributed by atoms with Crippen molar-refractivity contribution in [2.24, 2.45) is 5.41 Å². The minimum absolute atomic E-state index is 0.0928. The second kappa shape index (κ2) is 6.95. The maximum Gasteiger partial charge on any atom is 0.310 e. The smallest absolute Gasteiger partial charge is 0.310 e. The van der Waals surface area contributed by atoms with Gasteiger partial charge >= 0.3 is 5.97 Å². The Morgan fingerprint density at radius 2 is 1.95 bits per heavy atom. The number of hydrogen-bond acceptors (Lipinski definition) is 2. The molecule has 110 valence electrons. The molecule has 0 saturated carbocycles. The average Bonchev–Trinajstić information content (AvgIpc) is 2.35. The van der Waals surface area contributed by atoms with Crippen LogP contribution in [0, 0.1) is 5.41 Å². The number of benzene rings is 1. The molecule has 0 aliphatic rings. The predicted molar refractivity (Wildman–Crippen MR) is 79.2 cm³/mol. The zero-order valence-corrected chi connectivity index (χ0v) is 12.9. The van der Waals surface area contributed by atoms with E-state index >= 15 is 0 Å². The molecular formula is C14H17Cl2NO3. The first-order valence-electron chi connectivity index (χ1n) is 6.16. The van der Waals surface area contributed by atoms with E-state index in [1.54, 1.807) is 32.0 Å². The lowest BCUT2D eigenvalue weighted by atomic mass is 9.94. The molecule has 1 rings (SSSR count). The topological polar surface area (TPSA) is 66.4 Å². The third-order valence-corrected chi connectivity index (χ3v) is 3.53. The highest BCUT2D eigenvalue weighted by molar-refractivity contribution is 6.35. The van der Waals surface area contributed by atoms with Gasteiger partial charge in [0.15, 0.2) is 0 Å². The van der Waals surface area contributed by atoms with Crippen molar-refractivity contribution in [2.75, 3.05) is 6.54 Å². The van der Waals surface area contributed by atoms with Crippen LogP contribution in [0.15, 0.2) is 18.2 Å². The first-order chi connectivity index (χ1) is 9.22. The summed E-state index contributed by atoms with van der Waals surface area (Å²) < 4.78 is 0. The summed E-state index contributed by atoms with van der Waals surface area (Å²) in [6.07, 6.45) is 0.729. The third kappa shape index (κ3) is 5.02. The molecule has 0 fully saturated rings. The normalized spacial score (nSPS) is 11.2. The number of nitrogens with one attached hydrogen (secondary N) is 1. The number of amides is 1. The van der Waals surface area contributed by atoms with Crippen LogP contribution in [0.1, 0.15) is 25.8 Å². The number of carbonyl (C=O) groups is 2. The van der Waals surface area contributed by atoms with Gasteiger partial charge in [0.05, 0.1) is 5.41 Å². The van der Waals surface area contributed by atoms with Gasteiger partial charge in [-0.15, -0.1) is 0 Å². The van der Waals surface area contributed by atoms with Crippen LogP contribution in [0.4, 0.5) is 0 Å². The molecule has 0 radical (unpaired) electrons. The first-order valence-corrected chi connectivity index (χ1v) is 6.92. The number of carboxylic acids is 1. The number of carbonyl (C=O) groups excluding carboxylic acids is 1. The van der Waals surface area contributed by atoms with E-state index in [4.69, 9.17) is 28.3 Å². The highest BCUT2D eigenvalue weighted by atomic mass is 35.5. The summed E-state index contributed by atoms with van der Waals surface area (Å²) in [7, 11) is 0. The monoisotopic (exact) mass is 317 g/mol. The summed E-state index contributed by atoms with van der Waals surface area (Å²) >= 11 is 11.8. The molecule has 1 amide bonds. The number of aryl methyl sites for hydroxylation is 1. The summed E-state index contributed by atoms with van der Waals surface area (Å²) in [6, 6.07) is 5.12. The van der Waals surface area contributed by atoms with Crippen molar-refractivity contribution in [1.82, 2.24) is 5.32 Å². The molecule has 20 heavy (non-hydrogen) atoms. The Labute approximate surface area is 128 Å². The van der Waals surface area contributed by atoms with Crippen molar-refractivity contribution < 1.29 is 14.7 Å². The zero-order valence-electron chi connectivity index (χ0n) is 11.4. The van der Waals surface area contributed by atoms with E-state index in [1.807, 2.05) is 0 Å². The largest absolute Gasteiger partial charge is 0.481 e. The Balaban J connectivity index is 2.46. The summed E-state index contributed by atoms with van der Waals surface area (Å²) in [5.74, 6) is -1.15. The Morgan fingerprint density at radius 3 is 2.50 bits per heavy atom. The SMILES string of the molecule is CC(C)(CNC(=O)CCc1ccc(Cl)cc1Cl)C(=O)O. The second-order valence-corrected chi connectivity index (χ2v) is 6.05. The summed E-state index contributed by atoms with van der Waals surface area (Å²) in [4.78, 5) is 22.6. The summed E-state index contributed by atoms with van der Waals surface area (Å²) in [6.45, 7) is 3.22. The van der Waals surface area contributed by atoms with Gasteiger partial charge in [-0.25, -0.2) is 0 Å². The van der Waals surface area contributed by atoms with Crippen LogP contribution in [0.3, 0.4) is 0 Å². The van der Waals surface area contributed by atoms with Crippen molar-refractivity contribution in [3.8, 4) is 0 Å². The molecule has 1 aromatic rings. The Hall–Kier alpha value is -1.26. The number of halogens is 2. The Bertz CT molecular complexity index is 515. The fourth-order valence-electron chi connectivity index (χ4n) is 1.46. The van der Waals surface area contributed by atoms with Crippen LogP contribution in [-0.4, -0.2) is 23.5 Å². The van der Waals surface area contributed by atoms with Gasteiger partial charge in [-0.3, -0.25) is 9.59 Å². The molecule has 2 N–H and O–H groups in total. The minimum atomic E-state index is -0.979. The quantitative estimate of drug-likeness (QED) is 0.847. The van der Waals surface area contributed by atoms with Crippen molar-refractivity contribution in [2.45, 2.75) is 26.7 Å². The maximum atomic E-state index is 11.7. The van der Waals surface area contributed by atoms with Crippen molar-refractivity contribution in [3.05, 3.63) is 33.8 Å². The van der Waals surface area contributed by atoms with Gasteiger partial charge in [0.1, 0.15) is 0 Å². The number of aliphatic carboxylic acids is 1. The fourth-order valence-corrected chi connectivity index (χ4v) is 1.96. The number of hydrogen-bond donors (Lipinski definition) is 2. The lowest BCUT2D eigenvalue weighted by Gasteiger charge is -2.19. The molecule has 0 aromatic heterocycles. The highest BCUT2D eigenvalue weighted by Gasteiger charge is 2.27. The molecule has 0 heterocycles. The molecule has 0 bridgehead atoms. The molecule has 0 saturated heterocycles. The van der Waals surface area contributed by atoms with Gasteiger partial charge in [0, 0.05) is 23.0 Å². The minimum Gasteiger partial charge on any atom is -0.481 e. The number of carboxylic acid groups (broad SMARTS) is 1. The van der Waals surface area contributed by atoms with E-state index < -0.39 is 11.4 Å². The highest BCUT2D eigenvalue weighted by Crippen LogP contribution is 2.22. The van der Waals surface area contributed by atoms with Crippen LogP contribution >= 0.6 is 23.2 Å². The second-order valence-electron chi connectivity index (χ2n) is 5.20. The maximum absolute atomic E-state index is 11.7. The molecule has 4 nitrogen and oxygen atoms in total. The fraction of sp³-hybridized carbons (Fsp3) is 0.429. The number of rotatable bonds is 6. The van der Waals surface area contributed by atoms with Gasteiger partial charge in [-0.1, -0.05) is 29.3 Å². The van der Waals surface area contributed by atoms with E-state index in [0.29, 0.717) is 16.5 Å². The average molecular weight is 318 g/mol. The molecule has 6 heteroatoms. The first kappa shape index (κ1) is 16.8. The molecule has 0 atom stereocenters. The molecule has 0 aliphatic carbocycles. The summed E-state index contributed by atoms with van der Waals surface area (Å²) in [5, 5.41) is 12.6. The van der Waals surface area contributed by atoms with E-state index in [2.05, 4.69) is 5.32 Å². The van der Waals surface area contributed by atoms with Gasteiger partial charge in [-0.2, -0.15) is 0 Å². The van der Waals surface area contributed by atoms with E-state index in [9.17, 15) is 9.59 Å². The van der Waals surface area contributed by atoms with Crippen LogP contribution in [0.2, 0.25) is 10.0 Å². The van der Waals surface area contributed by atoms with Gasteiger partial charge in [0.2, 0.25) is 5.91 Å². The van der Waals surface area contributed by atoms with Crippen LogP contribution in [-0.2, 0) is 16.0 Å². The van der Waals surface area contributed by atoms with Crippen molar-refractivity contribution in [3.63, 3.8) is 0 Å². The Morgan fingerprint density at radius 1 is 1.30 bits per heavy atom. The van der Waals surface area contributed by atoms with E-state index in [1.165, 1.54) is 0 Å². The van der Waals surface area contributed by atoms with Crippen LogP contribution in [0.5, 0.6) is 0 Å². The van der Waals surface area contributed by atoms with Crippen molar-refractivity contribution in [1.29, 1.82) is 0 Å². The van der Waals surface area contributed by atoms with Crippen LogP contribution in [0.25, 0.3) is 0 Å². The molecule has 0 aliphatic heterocycles. The van der Waals surface area contributed by atoms with E-state index in [0.717, 1.165) is 5.56 Å². The molecule has 0 spiro atoms. The standard InChI is InChI=1S/C14H17Cl2NO3/c1-14(2,13(19)20)8-17-12(18)6-4-9-3-5-10(15)7-11(9)16/h3,5,7H,4,6,8H2,1-2H3,(H,17,18)(H,19,20). The molecular weight excluding hydrogens is 301 g/mol. The van der Waals surface area contributed by atoms with Crippen molar-refractivity contribution >= 4 is 35.1 Å². The third-order valence-electron chi connectivity index (χ3n) is 2.94. The molecule has 1 aromatic carbocycles. The lowest BCUT2D eigenvalue weighted by Crippen LogP contribution is -2.38. The van der Waals surface area contributed by atoms with Gasteiger partial charge in [-0.05, 0) is 38.0 Å². The zero-order chi connectivity index (χ0) is 15.3. The molecule has 0 unspecified atom stereocenters. The van der Waals surface area contributed by atoms with Gasteiger partial charge < -0.3 is 10.4 Å². The predicted octanol–water partition coefficient (Wildman–Crippen LogP) is 3.15.